The number of aryl methyl sites for hydroxylation is 1. The standard InChI is InChI=1S/C13H20N2/c1-9-4-3-5-11(8-9)12-10(2)6-7-15-13(12)14/h6-7,9,11H,3-5,8H2,1-2H3,(H2,14,15). The lowest BCUT2D eigenvalue weighted by atomic mass is 9.78. The smallest absolute Gasteiger partial charge is 0.127 e. The Morgan fingerprint density at radius 1 is 1.40 bits per heavy atom. The molecule has 1 aliphatic rings. The number of nitrogens with two attached hydrogens (primary N) is 1. The van der Waals surface area contributed by atoms with E-state index in [2.05, 4.69) is 24.9 Å². The van der Waals surface area contributed by atoms with Crippen LogP contribution in [0.2, 0.25) is 0 Å². The Balaban J connectivity index is 2.28. The summed E-state index contributed by atoms with van der Waals surface area (Å²) >= 11 is 0. The van der Waals surface area contributed by atoms with E-state index in [1.807, 2.05) is 0 Å². The van der Waals surface area contributed by atoms with Gasteiger partial charge in [0.15, 0.2) is 0 Å². The van der Waals surface area contributed by atoms with E-state index < -0.39 is 0 Å². The zero-order valence-electron chi connectivity index (χ0n) is 9.66. The molecule has 1 aromatic rings. The first-order valence-electron chi connectivity index (χ1n) is 5.89. The summed E-state index contributed by atoms with van der Waals surface area (Å²) < 4.78 is 0. The quantitative estimate of drug-likeness (QED) is 0.762. The summed E-state index contributed by atoms with van der Waals surface area (Å²) in [5.41, 5.74) is 8.60. The van der Waals surface area contributed by atoms with Crippen molar-refractivity contribution in [2.24, 2.45) is 5.92 Å². The monoisotopic (exact) mass is 204 g/mol. The summed E-state index contributed by atoms with van der Waals surface area (Å²) in [5, 5.41) is 0. The van der Waals surface area contributed by atoms with Crippen LogP contribution >= 0.6 is 0 Å². The molecule has 15 heavy (non-hydrogen) atoms. The van der Waals surface area contributed by atoms with Gasteiger partial charge in [0.1, 0.15) is 5.82 Å². The van der Waals surface area contributed by atoms with Gasteiger partial charge in [-0.05, 0) is 43.2 Å². The molecule has 0 radical (unpaired) electrons. The third-order valence-corrected chi connectivity index (χ3v) is 3.58. The first kappa shape index (κ1) is 10.5. The Morgan fingerprint density at radius 3 is 2.87 bits per heavy atom. The number of nitrogen functional groups attached to an aromatic ring is 1. The lowest BCUT2D eigenvalue weighted by molar-refractivity contribution is 0.343. The Labute approximate surface area is 91.9 Å². The molecular formula is C13H20N2. The molecule has 1 fully saturated rings. The molecule has 2 N–H and O–H groups in total. The summed E-state index contributed by atoms with van der Waals surface area (Å²) in [6, 6.07) is 2.07. The third-order valence-electron chi connectivity index (χ3n) is 3.58. The number of aromatic nitrogens is 1. The molecule has 2 atom stereocenters. The van der Waals surface area contributed by atoms with Gasteiger partial charge < -0.3 is 5.73 Å². The van der Waals surface area contributed by atoms with E-state index in [1.54, 1.807) is 6.20 Å². The topological polar surface area (TPSA) is 38.9 Å². The van der Waals surface area contributed by atoms with Gasteiger partial charge in [-0.2, -0.15) is 0 Å². The van der Waals surface area contributed by atoms with Crippen LogP contribution in [-0.2, 0) is 0 Å². The number of hydrogen-bond donors (Lipinski definition) is 1. The Kier molecular flexibility index (Phi) is 2.94. The van der Waals surface area contributed by atoms with Crippen LogP contribution in [-0.4, -0.2) is 4.98 Å². The van der Waals surface area contributed by atoms with Gasteiger partial charge in [0, 0.05) is 11.8 Å². The normalized spacial score (nSPS) is 26.5. The summed E-state index contributed by atoms with van der Waals surface area (Å²) in [5.74, 6) is 2.22. The number of pyridine rings is 1. The van der Waals surface area contributed by atoms with E-state index >= 15 is 0 Å². The second kappa shape index (κ2) is 4.21. The van der Waals surface area contributed by atoms with Crippen molar-refractivity contribution in [3.05, 3.63) is 23.4 Å². The van der Waals surface area contributed by atoms with Crippen LogP contribution in [0.25, 0.3) is 0 Å². The van der Waals surface area contributed by atoms with E-state index in [9.17, 15) is 0 Å². The number of anilines is 1. The minimum absolute atomic E-state index is 0.641. The van der Waals surface area contributed by atoms with E-state index in [1.165, 1.54) is 36.8 Å². The zero-order chi connectivity index (χ0) is 10.8. The molecule has 2 unspecified atom stereocenters. The highest BCUT2D eigenvalue weighted by atomic mass is 14.8. The van der Waals surface area contributed by atoms with E-state index in [4.69, 9.17) is 5.73 Å². The average molecular weight is 204 g/mol. The van der Waals surface area contributed by atoms with Crippen LogP contribution in [0, 0.1) is 12.8 Å². The van der Waals surface area contributed by atoms with Crippen molar-refractivity contribution < 1.29 is 0 Å². The van der Waals surface area contributed by atoms with Crippen LogP contribution in [0.4, 0.5) is 5.82 Å². The molecule has 1 saturated carbocycles. The fourth-order valence-corrected chi connectivity index (χ4v) is 2.82. The highest BCUT2D eigenvalue weighted by Crippen LogP contribution is 2.38. The van der Waals surface area contributed by atoms with Gasteiger partial charge in [0.25, 0.3) is 0 Å². The van der Waals surface area contributed by atoms with Crippen molar-refractivity contribution in [1.82, 2.24) is 4.98 Å². The highest BCUT2D eigenvalue weighted by molar-refractivity contribution is 5.46. The molecule has 1 aromatic heterocycles. The molecule has 0 saturated heterocycles. The zero-order valence-corrected chi connectivity index (χ0v) is 9.66. The van der Waals surface area contributed by atoms with Gasteiger partial charge in [-0.3, -0.25) is 0 Å². The molecule has 2 heteroatoms. The molecule has 0 amide bonds. The van der Waals surface area contributed by atoms with Crippen molar-refractivity contribution in [1.29, 1.82) is 0 Å². The van der Waals surface area contributed by atoms with Gasteiger partial charge in [-0.1, -0.05) is 19.8 Å². The Morgan fingerprint density at radius 2 is 2.20 bits per heavy atom. The maximum atomic E-state index is 5.99. The lowest BCUT2D eigenvalue weighted by Gasteiger charge is -2.28. The molecule has 0 aromatic carbocycles. The van der Waals surface area contributed by atoms with Crippen LogP contribution < -0.4 is 5.73 Å². The van der Waals surface area contributed by atoms with Gasteiger partial charge in [-0.25, -0.2) is 4.98 Å². The number of rotatable bonds is 1. The minimum atomic E-state index is 0.641. The summed E-state index contributed by atoms with van der Waals surface area (Å²) in [6.45, 7) is 4.49. The number of nitrogens with zero attached hydrogens (tertiary/aromatic N) is 1. The Hall–Kier alpha value is -1.05. The largest absolute Gasteiger partial charge is 0.383 e. The fourth-order valence-electron chi connectivity index (χ4n) is 2.82. The molecule has 1 heterocycles. The summed E-state index contributed by atoms with van der Waals surface area (Å²) in [6.07, 6.45) is 7.06. The third kappa shape index (κ3) is 2.14. The van der Waals surface area contributed by atoms with Crippen molar-refractivity contribution in [2.45, 2.75) is 45.4 Å². The minimum Gasteiger partial charge on any atom is -0.383 e. The predicted octanol–water partition coefficient (Wildman–Crippen LogP) is 3.27. The van der Waals surface area contributed by atoms with Gasteiger partial charge in [0.2, 0.25) is 0 Å². The molecule has 2 rings (SSSR count). The highest BCUT2D eigenvalue weighted by Gasteiger charge is 2.23. The van der Waals surface area contributed by atoms with Gasteiger partial charge in [-0.15, -0.1) is 0 Å². The average Bonchev–Trinajstić information content (AvgIpc) is 2.17. The maximum absolute atomic E-state index is 5.99. The first-order valence-corrected chi connectivity index (χ1v) is 5.89. The summed E-state index contributed by atoms with van der Waals surface area (Å²) in [7, 11) is 0. The van der Waals surface area contributed by atoms with Crippen LogP contribution in [0.5, 0.6) is 0 Å². The number of hydrogen-bond acceptors (Lipinski definition) is 2. The first-order chi connectivity index (χ1) is 7.18. The van der Waals surface area contributed by atoms with Crippen molar-refractivity contribution in [2.75, 3.05) is 5.73 Å². The van der Waals surface area contributed by atoms with Gasteiger partial charge >= 0.3 is 0 Å². The van der Waals surface area contributed by atoms with Crippen molar-refractivity contribution >= 4 is 5.82 Å². The lowest BCUT2D eigenvalue weighted by Crippen LogP contribution is -2.14. The second-order valence-electron chi connectivity index (χ2n) is 4.90. The van der Waals surface area contributed by atoms with E-state index in [-0.39, 0.29) is 0 Å². The van der Waals surface area contributed by atoms with E-state index in [0.29, 0.717) is 5.92 Å². The van der Waals surface area contributed by atoms with Crippen LogP contribution in [0.1, 0.15) is 49.7 Å². The predicted molar refractivity (Wildman–Crippen MR) is 63.8 cm³/mol. The Bertz CT molecular complexity index is 326. The molecule has 2 nitrogen and oxygen atoms in total. The van der Waals surface area contributed by atoms with Gasteiger partial charge in [0.05, 0.1) is 0 Å². The maximum Gasteiger partial charge on any atom is 0.127 e. The molecule has 82 valence electrons. The van der Waals surface area contributed by atoms with E-state index in [0.717, 1.165) is 11.7 Å². The summed E-state index contributed by atoms with van der Waals surface area (Å²) in [4.78, 5) is 4.22. The fraction of sp³-hybridized carbons (Fsp3) is 0.615. The molecule has 0 bridgehead atoms. The van der Waals surface area contributed by atoms with Crippen molar-refractivity contribution in [3.63, 3.8) is 0 Å². The second-order valence-corrected chi connectivity index (χ2v) is 4.90. The molecule has 0 spiro atoms. The van der Waals surface area contributed by atoms with Crippen LogP contribution in [0.15, 0.2) is 12.3 Å². The molecular weight excluding hydrogens is 184 g/mol. The molecule has 0 aliphatic heterocycles. The van der Waals surface area contributed by atoms with Crippen LogP contribution in [0.3, 0.4) is 0 Å². The molecule has 1 aliphatic carbocycles. The van der Waals surface area contributed by atoms with Crippen molar-refractivity contribution in [3.8, 4) is 0 Å². The SMILES string of the molecule is Cc1ccnc(N)c1C1CCCC(C)C1.